The first-order valence-corrected chi connectivity index (χ1v) is 7.85. The van der Waals surface area contributed by atoms with E-state index in [0.717, 1.165) is 43.2 Å². The summed E-state index contributed by atoms with van der Waals surface area (Å²) in [5, 5.41) is 13.5. The van der Waals surface area contributed by atoms with Crippen LogP contribution >= 0.6 is 11.6 Å². The third kappa shape index (κ3) is 4.11. The molecule has 0 spiro atoms. The molecule has 1 saturated heterocycles. The average Bonchev–Trinajstić information content (AvgIpc) is 2.45. The molecule has 1 aliphatic rings. The zero-order valence-corrected chi connectivity index (χ0v) is 13.2. The number of nitrogens with zero attached hydrogens (tertiary/aromatic N) is 1. The standard InChI is InChI=1S/C16H25ClN2O/c1-12(2)18-9-13-5-6-16(15(17)8-13)19-7-3-4-14(10-19)11-20/h5-6,8,12,14,18,20H,3-4,7,9-11H2,1-2H3. The highest BCUT2D eigenvalue weighted by Crippen LogP contribution is 2.30. The Kier molecular flexibility index (Phi) is 5.70. The Labute approximate surface area is 126 Å². The topological polar surface area (TPSA) is 35.5 Å². The van der Waals surface area contributed by atoms with Gasteiger partial charge in [-0.05, 0) is 36.5 Å². The lowest BCUT2D eigenvalue weighted by Gasteiger charge is -2.34. The summed E-state index contributed by atoms with van der Waals surface area (Å²) >= 11 is 6.44. The summed E-state index contributed by atoms with van der Waals surface area (Å²) in [6.45, 7) is 7.32. The van der Waals surface area contributed by atoms with E-state index in [1.165, 1.54) is 5.56 Å². The van der Waals surface area contributed by atoms with Crippen LogP contribution in [0.5, 0.6) is 0 Å². The molecule has 2 N–H and O–H groups in total. The quantitative estimate of drug-likeness (QED) is 0.877. The molecule has 1 unspecified atom stereocenters. The first kappa shape index (κ1) is 15.6. The zero-order chi connectivity index (χ0) is 14.5. The summed E-state index contributed by atoms with van der Waals surface area (Å²) in [6, 6.07) is 6.77. The molecule has 0 radical (unpaired) electrons. The Morgan fingerprint density at radius 1 is 1.45 bits per heavy atom. The SMILES string of the molecule is CC(C)NCc1ccc(N2CCCC(CO)C2)c(Cl)c1. The Bertz CT molecular complexity index is 436. The number of piperidine rings is 1. The van der Waals surface area contributed by atoms with Gasteiger partial charge in [-0.2, -0.15) is 0 Å². The molecule has 1 aliphatic heterocycles. The molecule has 3 nitrogen and oxygen atoms in total. The maximum atomic E-state index is 9.32. The van der Waals surface area contributed by atoms with Gasteiger partial charge in [0.2, 0.25) is 0 Å². The van der Waals surface area contributed by atoms with Crippen LogP contribution in [-0.2, 0) is 6.54 Å². The predicted molar refractivity (Wildman–Crippen MR) is 85.5 cm³/mol. The van der Waals surface area contributed by atoms with Gasteiger partial charge in [-0.3, -0.25) is 0 Å². The second kappa shape index (κ2) is 7.30. The van der Waals surface area contributed by atoms with Crippen molar-refractivity contribution < 1.29 is 5.11 Å². The fourth-order valence-electron chi connectivity index (χ4n) is 2.67. The minimum atomic E-state index is 0.268. The molecule has 1 heterocycles. The summed E-state index contributed by atoms with van der Waals surface area (Å²) in [7, 11) is 0. The van der Waals surface area contributed by atoms with Crippen LogP contribution in [0.4, 0.5) is 5.69 Å². The average molecular weight is 297 g/mol. The minimum Gasteiger partial charge on any atom is -0.396 e. The summed E-state index contributed by atoms with van der Waals surface area (Å²) in [5.41, 5.74) is 2.31. The van der Waals surface area contributed by atoms with Crippen molar-refractivity contribution in [3.05, 3.63) is 28.8 Å². The highest BCUT2D eigenvalue weighted by molar-refractivity contribution is 6.33. The molecule has 20 heavy (non-hydrogen) atoms. The van der Waals surface area contributed by atoms with Crippen molar-refractivity contribution in [3.8, 4) is 0 Å². The number of aliphatic hydroxyl groups is 1. The number of nitrogens with one attached hydrogen (secondary N) is 1. The lowest BCUT2D eigenvalue weighted by molar-refractivity contribution is 0.209. The molecule has 1 aromatic rings. The summed E-state index contributed by atoms with van der Waals surface area (Å²) in [4.78, 5) is 2.30. The largest absolute Gasteiger partial charge is 0.396 e. The lowest BCUT2D eigenvalue weighted by atomic mass is 9.98. The van der Waals surface area contributed by atoms with Crippen LogP contribution in [-0.4, -0.2) is 30.8 Å². The number of hydrogen-bond acceptors (Lipinski definition) is 3. The normalized spacial score (nSPS) is 19.6. The van der Waals surface area contributed by atoms with Crippen LogP contribution in [0.2, 0.25) is 5.02 Å². The van der Waals surface area contributed by atoms with Gasteiger partial charge in [0.25, 0.3) is 0 Å². The fraction of sp³-hybridized carbons (Fsp3) is 0.625. The van der Waals surface area contributed by atoms with E-state index >= 15 is 0 Å². The molecule has 112 valence electrons. The van der Waals surface area contributed by atoms with Gasteiger partial charge >= 0.3 is 0 Å². The van der Waals surface area contributed by atoms with Crippen molar-refractivity contribution >= 4 is 17.3 Å². The van der Waals surface area contributed by atoms with E-state index in [1.807, 2.05) is 0 Å². The van der Waals surface area contributed by atoms with E-state index in [2.05, 4.69) is 42.3 Å². The van der Waals surface area contributed by atoms with Gasteiger partial charge in [-0.25, -0.2) is 0 Å². The van der Waals surface area contributed by atoms with Crippen molar-refractivity contribution in [3.63, 3.8) is 0 Å². The Morgan fingerprint density at radius 2 is 2.25 bits per heavy atom. The molecular formula is C16H25ClN2O. The maximum Gasteiger partial charge on any atom is 0.0642 e. The highest BCUT2D eigenvalue weighted by Gasteiger charge is 2.21. The predicted octanol–water partition coefficient (Wildman–Crippen LogP) is 3.05. The molecular weight excluding hydrogens is 272 g/mol. The number of rotatable bonds is 5. The Balaban J connectivity index is 2.05. The van der Waals surface area contributed by atoms with Crippen molar-refractivity contribution in [1.29, 1.82) is 0 Å². The van der Waals surface area contributed by atoms with Gasteiger partial charge < -0.3 is 15.3 Å². The first-order valence-electron chi connectivity index (χ1n) is 7.47. The van der Waals surface area contributed by atoms with Crippen molar-refractivity contribution in [1.82, 2.24) is 5.32 Å². The van der Waals surface area contributed by atoms with Crippen molar-refractivity contribution in [2.24, 2.45) is 5.92 Å². The van der Waals surface area contributed by atoms with Crippen molar-refractivity contribution in [2.75, 3.05) is 24.6 Å². The maximum absolute atomic E-state index is 9.32. The summed E-state index contributed by atoms with van der Waals surface area (Å²) in [5.74, 6) is 0.377. The number of benzene rings is 1. The Morgan fingerprint density at radius 3 is 2.90 bits per heavy atom. The van der Waals surface area contributed by atoms with Gasteiger partial charge in [0.05, 0.1) is 10.7 Å². The molecule has 0 bridgehead atoms. The molecule has 0 aromatic heterocycles. The van der Waals surface area contributed by atoms with Crippen LogP contribution in [0.1, 0.15) is 32.3 Å². The number of aliphatic hydroxyl groups excluding tert-OH is 1. The minimum absolute atomic E-state index is 0.268. The van der Waals surface area contributed by atoms with E-state index in [9.17, 15) is 5.11 Å². The van der Waals surface area contributed by atoms with E-state index in [0.29, 0.717) is 12.0 Å². The first-order chi connectivity index (χ1) is 9.60. The lowest BCUT2D eigenvalue weighted by Crippen LogP contribution is -2.37. The number of halogens is 1. The summed E-state index contributed by atoms with van der Waals surface area (Å²) < 4.78 is 0. The second-order valence-corrected chi connectivity index (χ2v) is 6.37. The molecule has 0 amide bonds. The Hall–Kier alpha value is -0.770. The molecule has 0 saturated carbocycles. The molecule has 0 aliphatic carbocycles. The molecule has 4 heteroatoms. The third-order valence-corrected chi connectivity index (χ3v) is 4.15. The highest BCUT2D eigenvalue weighted by atomic mass is 35.5. The van der Waals surface area contributed by atoms with Crippen LogP contribution < -0.4 is 10.2 Å². The molecule has 2 rings (SSSR count). The van der Waals surface area contributed by atoms with Gasteiger partial charge in [0.1, 0.15) is 0 Å². The summed E-state index contributed by atoms with van der Waals surface area (Å²) in [6.07, 6.45) is 2.24. The van der Waals surface area contributed by atoms with Crippen LogP contribution in [0.3, 0.4) is 0 Å². The second-order valence-electron chi connectivity index (χ2n) is 5.96. The van der Waals surface area contributed by atoms with E-state index in [1.54, 1.807) is 0 Å². The van der Waals surface area contributed by atoms with Gasteiger partial charge in [-0.1, -0.05) is 31.5 Å². The van der Waals surface area contributed by atoms with Gasteiger partial charge in [0, 0.05) is 32.3 Å². The van der Waals surface area contributed by atoms with Crippen LogP contribution in [0.15, 0.2) is 18.2 Å². The van der Waals surface area contributed by atoms with Crippen LogP contribution in [0, 0.1) is 5.92 Å². The molecule has 1 aromatic carbocycles. The monoisotopic (exact) mass is 296 g/mol. The molecule has 1 fully saturated rings. The van der Waals surface area contributed by atoms with Gasteiger partial charge in [-0.15, -0.1) is 0 Å². The molecule has 1 atom stereocenters. The van der Waals surface area contributed by atoms with E-state index < -0.39 is 0 Å². The van der Waals surface area contributed by atoms with Crippen molar-refractivity contribution in [2.45, 2.75) is 39.3 Å². The van der Waals surface area contributed by atoms with Gasteiger partial charge in [0.15, 0.2) is 0 Å². The third-order valence-electron chi connectivity index (χ3n) is 3.84. The number of hydrogen-bond donors (Lipinski definition) is 2. The van der Waals surface area contributed by atoms with Crippen LogP contribution in [0.25, 0.3) is 0 Å². The smallest absolute Gasteiger partial charge is 0.0642 e. The fourth-order valence-corrected chi connectivity index (χ4v) is 2.99. The number of anilines is 1. The van der Waals surface area contributed by atoms with E-state index in [4.69, 9.17) is 11.6 Å². The van der Waals surface area contributed by atoms with E-state index in [-0.39, 0.29) is 6.61 Å². The zero-order valence-electron chi connectivity index (χ0n) is 12.4.